The Morgan fingerprint density at radius 3 is 2.56 bits per heavy atom. The Hall–Kier alpha value is -2.31. The zero-order chi connectivity index (χ0) is 18.9. The van der Waals surface area contributed by atoms with Crippen LogP contribution in [0.5, 0.6) is 0 Å². The Labute approximate surface area is 148 Å². The summed E-state index contributed by atoms with van der Waals surface area (Å²) < 4.78 is 10.3. The number of alkyl carbamates (subject to hydrolysis) is 1. The average molecular weight is 353 g/mol. The summed E-state index contributed by atoms with van der Waals surface area (Å²) in [6.45, 7) is 5.43. The van der Waals surface area contributed by atoms with Gasteiger partial charge in [0.15, 0.2) is 0 Å². The predicted octanol–water partition coefficient (Wildman–Crippen LogP) is 2.81. The Bertz CT molecular complexity index is 532. The number of rotatable bonds is 8. The fourth-order valence-corrected chi connectivity index (χ4v) is 2.23. The molecule has 0 saturated heterocycles. The third-order valence-corrected chi connectivity index (χ3v) is 3.37. The van der Waals surface area contributed by atoms with Crippen molar-refractivity contribution < 1.29 is 29.0 Å². The fraction of sp³-hybridized carbons (Fsp3) is 0.611. The van der Waals surface area contributed by atoms with Gasteiger partial charge in [0.25, 0.3) is 0 Å². The Morgan fingerprint density at radius 2 is 2.00 bits per heavy atom. The molecule has 140 valence electrons. The number of carbonyl (C=O) groups excluding carboxylic acids is 2. The molecule has 2 atom stereocenters. The lowest BCUT2D eigenvalue weighted by Gasteiger charge is -2.23. The van der Waals surface area contributed by atoms with Gasteiger partial charge >= 0.3 is 18.0 Å². The second-order valence-electron chi connectivity index (χ2n) is 6.97. The first-order valence-corrected chi connectivity index (χ1v) is 8.36. The third-order valence-electron chi connectivity index (χ3n) is 3.37. The van der Waals surface area contributed by atoms with Gasteiger partial charge in [-0.25, -0.2) is 4.79 Å². The van der Waals surface area contributed by atoms with E-state index < -0.39 is 29.7 Å². The van der Waals surface area contributed by atoms with E-state index in [1.165, 1.54) is 0 Å². The molecule has 0 spiro atoms. The summed E-state index contributed by atoms with van der Waals surface area (Å²) in [6, 6.07) is -0.697. The molecule has 0 heterocycles. The van der Waals surface area contributed by atoms with Crippen molar-refractivity contribution in [3.63, 3.8) is 0 Å². The molecule has 7 nitrogen and oxygen atoms in total. The van der Waals surface area contributed by atoms with Crippen LogP contribution in [0.1, 0.15) is 46.5 Å². The highest BCUT2D eigenvalue weighted by Crippen LogP contribution is 2.13. The van der Waals surface area contributed by atoms with Crippen molar-refractivity contribution in [3.8, 4) is 0 Å². The van der Waals surface area contributed by atoms with E-state index >= 15 is 0 Å². The lowest BCUT2D eigenvalue weighted by molar-refractivity contribution is -0.145. The zero-order valence-electron chi connectivity index (χ0n) is 15.0. The van der Waals surface area contributed by atoms with Crippen molar-refractivity contribution in [3.05, 3.63) is 24.3 Å². The molecule has 1 amide bonds. The molecule has 1 rings (SSSR count). The van der Waals surface area contributed by atoms with E-state index in [0.717, 1.165) is 6.42 Å². The lowest BCUT2D eigenvalue weighted by atomic mass is 10.0. The van der Waals surface area contributed by atoms with Gasteiger partial charge in [0.2, 0.25) is 0 Å². The number of aliphatic carboxylic acids is 1. The molecule has 0 fully saturated rings. The molecular weight excluding hydrogens is 326 g/mol. The first kappa shape index (κ1) is 20.7. The highest BCUT2D eigenvalue weighted by atomic mass is 16.6. The average Bonchev–Trinajstić information content (AvgIpc) is 2.49. The van der Waals surface area contributed by atoms with Gasteiger partial charge in [-0.05, 0) is 33.6 Å². The summed E-state index contributed by atoms with van der Waals surface area (Å²) >= 11 is 0. The minimum absolute atomic E-state index is 0.0278. The number of carboxylic acid groups (broad SMARTS) is 1. The largest absolute Gasteiger partial charge is 0.481 e. The van der Waals surface area contributed by atoms with Crippen LogP contribution in [0.15, 0.2) is 24.3 Å². The van der Waals surface area contributed by atoms with Crippen molar-refractivity contribution in [2.75, 3.05) is 6.61 Å². The maximum Gasteiger partial charge on any atom is 0.407 e. The SMILES string of the molecule is CC(C)(C)OC(=O)N[C@@H](CCC(=O)OC[C@@H]1C=CC=CC1)CC(=O)O. The van der Waals surface area contributed by atoms with Gasteiger partial charge in [0.1, 0.15) is 5.60 Å². The van der Waals surface area contributed by atoms with Gasteiger partial charge in [0.05, 0.1) is 13.0 Å². The van der Waals surface area contributed by atoms with Gasteiger partial charge in [-0.3, -0.25) is 9.59 Å². The number of carboxylic acids is 1. The van der Waals surface area contributed by atoms with Crippen LogP contribution < -0.4 is 5.32 Å². The molecule has 1 aliphatic rings. The monoisotopic (exact) mass is 353 g/mol. The molecule has 2 N–H and O–H groups in total. The number of esters is 1. The van der Waals surface area contributed by atoms with Crippen molar-refractivity contribution in [2.45, 2.75) is 58.1 Å². The minimum Gasteiger partial charge on any atom is -0.481 e. The van der Waals surface area contributed by atoms with E-state index in [4.69, 9.17) is 14.6 Å². The van der Waals surface area contributed by atoms with E-state index in [-0.39, 0.29) is 25.2 Å². The van der Waals surface area contributed by atoms with Gasteiger partial charge in [0, 0.05) is 18.4 Å². The van der Waals surface area contributed by atoms with Crippen LogP contribution in [0.2, 0.25) is 0 Å². The number of hydrogen-bond donors (Lipinski definition) is 2. The summed E-state index contributed by atoms with van der Waals surface area (Å²) in [5.74, 6) is -1.30. The summed E-state index contributed by atoms with van der Waals surface area (Å²) in [4.78, 5) is 34.5. The third kappa shape index (κ3) is 10.2. The van der Waals surface area contributed by atoms with Crippen molar-refractivity contribution >= 4 is 18.0 Å². The predicted molar refractivity (Wildman–Crippen MR) is 92.0 cm³/mol. The Balaban J connectivity index is 2.39. The standard InChI is InChI=1S/C18H27NO6/c1-18(2,3)25-17(23)19-14(11-15(20)21)9-10-16(22)24-12-13-7-5-4-6-8-13/h4-7,13-14H,8-12H2,1-3H3,(H,19,23)(H,20,21)/t13-,14+/m1/s1. The van der Waals surface area contributed by atoms with Crippen LogP contribution >= 0.6 is 0 Å². The maximum absolute atomic E-state index is 11.8. The maximum atomic E-state index is 11.8. The molecule has 0 aromatic rings. The van der Waals surface area contributed by atoms with Crippen molar-refractivity contribution in [1.29, 1.82) is 0 Å². The lowest BCUT2D eigenvalue weighted by Crippen LogP contribution is -2.40. The second kappa shape index (κ2) is 9.86. The minimum atomic E-state index is -1.06. The molecule has 0 aliphatic heterocycles. The highest BCUT2D eigenvalue weighted by molar-refractivity contribution is 5.72. The summed E-state index contributed by atoms with van der Waals surface area (Å²) in [7, 11) is 0. The molecule has 0 aromatic carbocycles. The molecule has 25 heavy (non-hydrogen) atoms. The van der Waals surface area contributed by atoms with Crippen LogP contribution in [0, 0.1) is 5.92 Å². The normalized spacial score (nSPS) is 17.6. The molecule has 0 radical (unpaired) electrons. The molecule has 0 aromatic heterocycles. The molecule has 0 unspecified atom stereocenters. The van der Waals surface area contributed by atoms with Crippen molar-refractivity contribution in [1.82, 2.24) is 5.32 Å². The number of allylic oxidation sites excluding steroid dienone is 3. The number of amides is 1. The van der Waals surface area contributed by atoms with E-state index in [1.807, 2.05) is 24.3 Å². The first-order chi connectivity index (χ1) is 11.7. The number of carbonyl (C=O) groups is 3. The Kier molecular flexibility index (Phi) is 8.18. The van der Waals surface area contributed by atoms with Crippen LogP contribution in [0.3, 0.4) is 0 Å². The van der Waals surface area contributed by atoms with E-state index in [2.05, 4.69) is 5.32 Å². The smallest absolute Gasteiger partial charge is 0.407 e. The summed E-state index contributed by atoms with van der Waals surface area (Å²) in [6.07, 6.45) is 7.87. The van der Waals surface area contributed by atoms with Crippen LogP contribution in [-0.4, -0.2) is 41.4 Å². The molecular formula is C18H27NO6. The van der Waals surface area contributed by atoms with Gasteiger partial charge in [-0.1, -0.05) is 24.3 Å². The van der Waals surface area contributed by atoms with E-state index in [1.54, 1.807) is 20.8 Å². The van der Waals surface area contributed by atoms with Crippen molar-refractivity contribution in [2.24, 2.45) is 5.92 Å². The fourth-order valence-electron chi connectivity index (χ4n) is 2.23. The number of ether oxygens (including phenoxy) is 2. The summed E-state index contributed by atoms with van der Waals surface area (Å²) in [5.41, 5.74) is -0.682. The van der Waals surface area contributed by atoms with Crippen LogP contribution in [-0.2, 0) is 19.1 Å². The van der Waals surface area contributed by atoms with Gasteiger partial charge in [-0.2, -0.15) is 0 Å². The number of hydrogen-bond acceptors (Lipinski definition) is 5. The topological polar surface area (TPSA) is 102 Å². The van der Waals surface area contributed by atoms with Gasteiger partial charge in [-0.15, -0.1) is 0 Å². The molecule has 0 bridgehead atoms. The van der Waals surface area contributed by atoms with E-state index in [9.17, 15) is 14.4 Å². The molecule has 7 heteroatoms. The van der Waals surface area contributed by atoms with E-state index in [0.29, 0.717) is 6.61 Å². The zero-order valence-corrected chi connectivity index (χ0v) is 15.0. The number of nitrogens with one attached hydrogen (secondary N) is 1. The highest BCUT2D eigenvalue weighted by Gasteiger charge is 2.22. The van der Waals surface area contributed by atoms with Crippen LogP contribution in [0.4, 0.5) is 4.79 Å². The van der Waals surface area contributed by atoms with Gasteiger partial charge < -0.3 is 19.9 Å². The molecule has 1 aliphatic carbocycles. The first-order valence-electron chi connectivity index (χ1n) is 8.36. The molecule has 0 saturated carbocycles. The van der Waals surface area contributed by atoms with Crippen LogP contribution in [0.25, 0.3) is 0 Å². The Morgan fingerprint density at radius 1 is 1.28 bits per heavy atom. The summed E-state index contributed by atoms with van der Waals surface area (Å²) in [5, 5.41) is 11.4. The second-order valence-corrected chi connectivity index (χ2v) is 6.97. The quantitative estimate of drug-likeness (QED) is 0.651.